The van der Waals surface area contributed by atoms with E-state index in [4.69, 9.17) is 11.6 Å². The van der Waals surface area contributed by atoms with E-state index in [9.17, 15) is 17.6 Å². The molecule has 1 saturated heterocycles. The number of hydrogen-bond acceptors (Lipinski definition) is 6. The van der Waals surface area contributed by atoms with Gasteiger partial charge < -0.3 is 9.80 Å². The Balaban J connectivity index is 1.45. The molecule has 0 bridgehead atoms. The fourth-order valence-corrected chi connectivity index (χ4v) is 5.50. The van der Waals surface area contributed by atoms with Crippen molar-refractivity contribution >= 4 is 39.0 Å². The number of carbonyl (C=O) groups is 1. The molecule has 5 rings (SSSR count). The highest BCUT2D eigenvalue weighted by molar-refractivity contribution is 7.88. The standard InChI is InChI=1S/C20H21ClFN5O3S/c1-31(29,30)26-8-6-25(7-9-26)17-13(11-23-19(21)24-17)12-27-16-10-14(22)2-3-15(16)20(4-5-20)18(27)28/h2-3,10-11H,4-9,12H2,1H3. The zero-order chi connectivity index (χ0) is 22.0. The van der Waals surface area contributed by atoms with Gasteiger partial charge in [-0.05, 0) is 42.1 Å². The molecule has 2 fully saturated rings. The first-order valence-corrected chi connectivity index (χ1v) is 12.3. The molecule has 2 aliphatic heterocycles. The quantitative estimate of drug-likeness (QED) is 0.641. The third kappa shape index (κ3) is 3.46. The lowest BCUT2D eigenvalue weighted by molar-refractivity contribution is -0.120. The van der Waals surface area contributed by atoms with E-state index < -0.39 is 21.3 Å². The Bertz CT molecular complexity index is 1180. The summed E-state index contributed by atoms with van der Waals surface area (Å²) in [6.07, 6.45) is 4.30. The second-order valence-electron chi connectivity index (χ2n) is 8.27. The number of halogens is 2. The second kappa shape index (κ2) is 7.11. The second-order valence-corrected chi connectivity index (χ2v) is 10.6. The van der Waals surface area contributed by atoms with Crippen molar-refractivity contribution in [2.45, 2.75) is 24.8 Å². The van der Waals surface area contributed by atoms with Gasteiger partial charge in [-0.25, -0.2) is 22.8 Å². The lowest BCUT2D eigenvalue weighted by Gasteiger charge is -2.35. The Labute approximate surface area is 184 Å². The van der Waals surface area contributed by atoms with Crippen molar-refractivity contribution in [1.29, 1.82) is 0 Å². The molecule has 0 N–H and O–H groups in total. The van der Waals surface area contributed by atoms with E-state index in [1.165, 1.54) is 22.7 Å². The van der Waals surface area contributed by atoms with Crippen molar-refractivity contribution in [3.8, 4) is 0 Å². The molecular formula is C20H21ClFN5O3S. The predicted octanol–water partition coefficient (Wildman–Crippen LogP) is 1.93. The van der Waals surface area contributed by atoms with Crippen LogP contribution in [0, 0.1) is 5.82 Å². The monoisotopic (exact) mass is 465 g/mol. The van der Waals surface area contributed by atoms with Gasteiger partial charge in [-0.1, -0.05) is 6.07 Å². The molecule has 164 valence electrons. The molecule has 2 aromatic rings. The fraction of sp³-hybridized carbons (Fsp3) is 0.450. The van der Waals surface area contributed by atoms with Crippen molar-refractivity contribution in [3.05, 3.63) is 46.6 Å². The molecule has 8 nitrogen and oxygen atoms in total. The Hall–Kier alpha value is -2.30. The van der Waals surface area contributed by atoms with Crippen LogP contribution < -0.4 is 9.80 Å². The summed E-state index contributed by atoms with van der Waals surface area (Å²) in [6, 6.07) is 4.51. The number of amides is 1. The smallest absolute Gasteiger partial charge is 0.238 e. The molecule has 0 radical (unpaired) electrons. The molecule has 3 heterocycles. The van der Waals surface area contributed by atoms with Crippen LogP contribution in [0.25, 0.3) is 0 Å². The van der Waals surface area contributed by atoms with Crippen LogP contribution in [0.3, 0.4) is 0 Å². The number of rotatable bonds is 4. The Morgan fingerprint density at radius 1 is 1.19 bits per heavy atom. The zero-order valence-corrected chi connectivity index (χ0v) is 18.5. The van der Waals surface area contributed by atoms with Crippen LogP contribution in [0.1, 0.15) is 24.0 Å². The molecule has 0 atom stereocenters. The Morgan fingerprint density at radius 2 is 1.90 bits per heavy atom. The van der Waals surface area contributed by atoms with Crippen LogP contribution in [0.15, 0.2) is 24.4 Å². The van der Waals surface area contributed by atoms with Crippen LogP contribution in [0.5, 0.6) is 0 Å². The molecule has 1 spiro atoms. The lowest BCUT2D eigenvalue weighted by Crippen LogP contribution is -2.49. The van der Waals surface area contributed by atoms with Crippen LogP contribution in [-0.2, 0) is 26.8 Å². The maximum absolute atomic E-state index is 14.0. The van der Waals surface area contributed by atoms with Gasteiger partial charge >= 0.3 is 0 Å². The van der Waals surface area contributed by atoms with E-state index in [1.807, 2.05) is 4.90 Å². The van der Waals surface area contributed by atoms with Gasteiger partial charge in [0.05, 0.1) is 23.9 Å². The first-order valence-electron chi connectivity index (χ1n) is 10.0. The van der Waals surface area contributed by atoms with Gasteiger partial charge in [0.1, 0.15) is 11.6 Å². The fourth-order valence-electron chi connectivity index (χ4n) is 4.55. The van der Waals surface area contributed by atoms with E-state index in [0.717, 1.165) is 18.4 Å². The van der Waals surface area contributed by atoms with Crippen LogP contribution >= 0.6 is 11.6 Å². The highest BCUT2D eigenvalue weighted by Gasteiger charge is 2.59. The predicted molar refractivity (Wildman–Crippen MR) is 114 cm³/mol. The zero-order valence-electron chi connectivity index (χ0n) is 16.9. The molecule has 3 aliphatic rings. The maximum atomic E-state index is 14.0. The summed E-state index contributed by atoms with van der Waals surface area (Å²) in [6.45, 7) is 1.74. The summed E-state index contributed by atoms with van der Waals surface area (Å²) in [7, 11) is -3.26. The number of benzene rings is 1. The Morgan fingerprint density at radius 3 is 2.55 bits per heavy atom. The minimum absolute atomic E-state index is 0.0316. The number of anilines is 2. The summed E-state index contributed by atoms with van der Waals surface area (Å²) in [5, 5.41) is 0.0714. The summed E-state index contributed by atoms with van der Waals surface area (Å²) in [4.78, 5) is 25.2. The van der Waals surface area contributed by atoms with Crippen LogP contribution in [0.2, 0.25) is 5.28 Å². The highest BCUT2D eigenvalue weighted by Crippen LogP contribution is 2.57. The largest absolute Gasteiger partial charge is 0.354 e. The Kier molecular flexibility index (Phi) is 4.72. The maximum Gasteiger partial charge on any atom is 0.238 e. The van der Waals surface area contributed by atoms with Gasteiger partial charge in [-0.2, -0.15) is 4.31 Å². The molecule has 1 saturated carbocycles. The van der Waals surface area contributed by atoms with Gasteiger partial charge in [0.2, 0.25) is 21.2 Å². The van der Waals surface area contributed by atoms with E-state index >= 15 is 0 Å². The van der Waals surface area contributed by atoms with Gasteiger partial charge in [0.25, 0.3) is 0 Å². The third-order valence-corrected chi connectivity index (χ3v) is 7.80. The van der Waals surface area contributed by atoms with Gasteiger partial charge in [-0.3, -0.25) is 4.79 Å². The topological polar surface area (TPSA) is 86.7 Å². The molecule has 1 aromatic carbocycles. The average Bonchev–Trinajstić information content (AvgIpc) is 3.50. The molecular weight excluding hydrogens is 445 g/mol. The third-order valence-electron chi connectivity index (χ3n) is 6.32. The van der Waals surface area contributed by atoms with Crippen LogP contribution in [-0.4, -0.2) is 61.0 Å². The molecule has 1 aliphatic carbocycles. The van der Waals surface area contributed by atoms with Crippen molar-refractivity contribution in [2.75, 3.05) is 42.2 Å². The first kappa shape index (κ1) is 20.6. The van der Waals surface area contributed by atoms with Gasteiger partial charge in [-0.15, -0.1) is 0 Å². The van der Waals surface area contributed by atoms with Crippen molar-refractivity contribution in [1.82, 2.24) is 14.3 Å². The first-order chi connectivity index (χ1) is 14.7. The number of piperazine rings is 1. The van der Waals surface area contributed by atoms with Crippen molar-refractivity contribution < 1.29 is 17.6 Å². The minimum atomic E-state index is -3.26. The van der Waals surface area contributed by atoms with E-state index in [0.29, 0.717) is 43.2 Å². The number of fused-ring (bicyclic) bond motifs is 2. The number of aromatic nitrogens is 2. The number of nitrogens with zero attached hydrogens (tertiary/aromatic N) is 5. The SMILES string of the molecule is CS(=O)(=O)N1CCN(c2nc(Cl)ncc2CN2C(=O)C3(CC3)c3ccc(F)cc32)CC1. The number of hydrogen-bond donors (Lipinski definition) is 0. The molecule has 11 heteroatoms. The van der Waals surface area contributed by atoms with Crippen LogP contribution in [0.4, 0.5) is 15.9 Å². The molecule has 31 heavy (non-hydrogen) atoms. The summed E-state index contributed by atoms with van der Waals surface area (Å²) in [5.74, 6) is 0.144. The number of carbonyl (C=O) groups excluding carboxylic acids is 1. The lowest BCUT2D eigenvalue weighted by atomic mass is 9.98. The molecule has 1 aromatic heterocycles. The highest BCUT2D eigenvalue weighted by atomic mass is 35.5. The number of sulfonamides is 1. The minimum Gasteiger partial charge on any atom is -0.354 e. The normalized spacial score (nSPS) is 20.4. The summed E-state index contributed by atoms with van der Waals surface area (Å²) in [5.41, 5.74) is 1.61. The average molecular weight is 466 g/mol. The van der Waals surface area contributed by atoms with E-state index in [2.05, 4.69) is 9.97 Å². The molecule has 1 amide bonds. The van der Waals surface area contributed by atoms with Gasteiger partial charge in [0, 0.05) is 37.9 Å². The van der Waals surface area contributed by atoms with E-state index in [1.54, 1.807) is 17.2 Å². The summed E-state index contributed by atoms with van der Waals surface area (Å²) >= 11 is 6.05. The van der Waals surface area contributed by atoms with E-state index in [-0.39, 0.29) is 17.7 Å². The molecule has 0 unspecified atom stereocenters. The summed E-state index contributed by atoms with van der Waals surface area (Å²) < 4.78 is 39.0. The van der Waals surface area contributed by atoms with Crippen molar-refractivity contribution in [3.63, 3.8) is 0 Å². The van der Waals surface area contributed by atoms with Crippen molar-refractivity contribution in [2.24, 2.45) is 0 Å². The van der Waals surface area contributed by atoms with Gasteiger partial charge in [0.15, 0.2) is 0 Å².